The molecular weight excluding hydrogens is 320 g/mol. The molecule has 3 rings (SSSR count). The largest absolute Gasteiger partial charge is 1.00 e. The van der Waals surface area contributed by atoms with Crippen molar-refractivity contribution < 1.29 is 21.7 Å². The van der Waals surface area contributed by atoms with Crippen LogP contribution in [0.1, 0.15) is 5.76 Å². The molecule has 1 N–H and O–H groups in total. The van der Waals surface area contributed by atoms with Crippen LogP contribution in [-0.4, -0.2) is 58.7 Å². The average Bonchev–Trinajstić information content (AvgIpc) is 2.94. The van der Waals surface area contributed by atoms with Gasteiger partial charge in [0.2, 0.25) is 11.9 Å². The number of amides is 1. The third kappa shape index (κ3) is 4.64. The van der Waals surface area contributed by atoms with Crippen LogP contribution in [0.15, 0.2) is 29.0 Å². The van der Waals surface area contributed by atoms with Crippen molar-refractivity contribution in [1.29, 1.82) is 0 Å². The monoisotopic (exact) mass is 337 g/mol. The van der Waals surface area contributed by atoms with Gasteiger partial charge in [0.1, 0.15) is 5.76 Å². The van der Waals surface area contributed by atoms with Gasteiger partial charge in [0.25, 0.3) is 0 Å². The normalized spacial score (nSPS) is 15.1. The second-order valence-corrected chi connectivity index (χ2v) is 5.18. The van der Waals surface area contributed by atoms with Gasteiger partial charge in [-0.2, -0.15) is 0 Å². The molecule has 0 spiro atoms. The summed E-state index contributed by atoms with van der Waals surface area (Å²) in [4.78, 5) is 24.7. The predicted molar refractivity (Wildman–Crippen MR) is 80.6 cm³/mol. The van der Waals surface area contributed by atoms with Crippen molar-refractivity contribution in [2.75, 3.05) is 42.9 Å². The minimum Gasteiger partial charge on any atom is -1.00 e. The average molecular weight is 338 g/mol. The van der Waals surface area contributed by atoms with E-state index in [1.54, 1.807) is 31.5 Å². The van der Waals surface area contributed by atoms with Gasteiger partial charge < -0.3 is 27.1 Å². The highest BCUT2D eigenvalue weighted by atomic mass is 35.5. The smallest absolute Gasteiger partial charge is 0.239 e. The number of hydrogen-bond acceptors (Lipinski definition) is 7. The molecule has 0 aliphatic carbocycles. The van der Waals surface area contributed by atoms with Crippen molar-refractivity contribution in [3.8, 4) is 0 Å². The van der Waals surface area contributed by atoms with Crippen LogP contribution in [0.2, 0.25) is 0 Å². The lowest BCUT2D eigenvalue weighted by molar-refractivity contribution is -0.117. The maximum Gasteiger partial charge on any atom is 0.239 e. The van der Waals surface area contributed by atoms with Crippen LogP contribution in [0.5, 0.6) is 0 Å². The Morgan fingerprint density at radius 3 is 2.57 bits per heavy atom. The highest BCUT2D eigenvalue weighted by Crippen LogP contribution is 2.10. The number of piperazine rings is 1. The maximum atomic E-state index is 12.0. The van der Waals surface area contributed by atoms with Crippen LogP contribution in [0.3, 0.4) is 0 Å². The summed E-state index contributed by atoms with van der Waals surface area (Å²) in [7, 11) is 0. The molecule has 0 unspecified atom stereocenters. The quantitative estimate of drug-likeness (QED) is 0.662. The Morgan fingerprint density at radius 1 is 1.26 bits per heavy atom. The third-order valence-corrected chi connectivity index (χ3v) is 3.47. The van der Waals surface area contributed by atoms with Crippen molar-refractivity contribution in [2.24, 2.45) is 0 Å². The van der Waals surface area contributed by atoms with Crippen LogP contribution in [0, 0.1) is 6.92 Å². The molecule has 9 heteroatoms. The molecule has 1 amide bonds. The van der Waals surface area contributed by atoms with Crippen molar-refractivity contribution in [3.63, 3.8) is 0 Å². The zero-order valence-electron chi connectivity index (χ0n) is 12.8. The Kier molecular flexibility index (Phi) is 5.89. The van der Waals surface area contributed by atoms with Crippen LogP contribution in [0.4, 0.5) is 11.8 Å². The second kappa shape index (κ2) is 7.89. The number of nitrogens with zero attached hydrogens (tertiary/aromatic N) is 5. The van der Waals surface area contributed by atoms with Crippen LogP contribution >= 0.6 is 0 Å². The summed E-state index contributed by atoms with van der Waals surface area (Å²) in [6, 6.07) is 3.50. The van der Waals surface area contributed by atoms with Crippen molar-refractivity contribution in [2.45, 2.75) is 6.92 Å². The van der Waals surface area contributed by atoms with Crippen LogP contribution in [-0.2, 0) is 4.79 Å². The topological polar surface area (TPSA) is 87.4 Å². The Morgan fingerprint density at radius 2 is 1.96 bits per heavy atom. The summed E-state index contributed by atoms with van der Waals surface area (Å²) >= 11 is 0. The number of carbonyl (C=O) groups excluding carboxylic acids is 1. The van der Waals surface area contributed by atoms with Gasteiger partial charge in [-0.3, -0.25) is 9.69 Å². The first-order valence-corrected chi connectivity index (χ1v) is 7.18. The van der Waals surface area contributed by atoms with Crippen molar-refractivity contribution >= 4 is 17.7 Å². The SMILES string of the molecule is Cc1cc(NC(=O)CN2CCN(c3ncccn3)CC2)no1.[Cl-]. The highest BCUT2D eigenvalue weighted by Gasteiger charge is 2.20. The molecule has 1 saturated heterocycles. The summed E-state index contributed by atoms with van der Waals surface area (Å²) in [6.07, 6.45) is 3.48. The molecule has 2 aromatic rings. The van der Waals surface area contributed by atoms with Gasteiger partial charge in [0.05, 0.1) is 6.54 Å². The van der Waals surface area contributed by atoms with E-state index < -0.39 is 0 Å². The van der Waals surface area contributed by atoms with Gasteiger partial charge in [-0.25, -0.2) is 9.97 Å². The number of nitrogens with one attached hydrogen (secondary N) is 1. The summed E-state index contributed by atoms with van der Waals surface area (Å²) < 4.78 is 4.92. The fourth-order valence-electron chi connectivity index (χ4n) is 2.37. The molecule has 1 aliphatic heterocycles. The molecule has 0 bridgehead atoms. The second-order valence-electron chi connectivity index (χ2n) is 5.18. The molecule has 1 fully saturated rings. The van der Waals surface area contributed by atoms with E-state index in [-0.39, 0.29) is 18.3 Å². The minimum absolute atomic E-state index is 0. The first kappa shape index (κ1) is 17.2. The molecule has 0 saturated carbocycles. The third-order valence-electron chi connectivity index (χ3n) is 3.47. The van der Waals surface area contributed by atoms with E-state index in [4.69, 9.17) is 4.52 Å². The van der Waals surface area contributed by atoms with E-state index in [0.717, 1.165) is 32.1 Å². The molecule has 23 heavy (non-hydrogen) atoms. The summed E-state index contributed by atoms with van der Waals surface area (Å²) in [5.41, 5.74) is 0. The number of anilines is 2. The van der Waals surface area contributed by atoms with E-state index in [1.807, 2.05) is 0 Å². The summed E-state index contributed by atoms with van der Waals surface area (Å²) in [6.45, 7) is 5.33. The number of hydrogen-bond donors (Lipinski definition) is 1. The Balaban J connectivity index is 0.00000192. The highest BCUT2D eigenvalue weighted by molar-refractivity contribution is 5.91. The van der Waals surface area contributed by atoms with E-state index in [9.17, 15) is 4.79 Å². The molecule has 124 valence electrons. The van der Waals surface area contributed by atoms with Gasteiger partial charge in [0, 0.05) is 44.6 Å². The summed E-state index contributed by atoms with van der Waals surface area (Å²) in [5, 5.41) is 6.48. The van der Waals surface area contributed by atoms with Crippen molar-refractivity contribution in [1.82, 2.24) is 20.0 Å². The Labute approximate surface area is 140 Å². The number of aryl methyl sites for hydroxylation is 1. The first-order valence-electron chi connectivity index (χ1n) is 7.18. The number of rotatable bonds is 4. The van der Waals surface area contributed by atoms with Crippen molar-refractivity contribution in [3.05, 3.63) is 30.3 Å². The molecule has 3 heterocycles. The number of aromatic nitrogens is 3. The van der Waals surface area contributed by atoms with E-state index in [0.29, 0.717) is 18.1 Å². The Bertz CT molecular complexity index is 627. The molecule has 0 radical (unpaired) electrons. The molecule has 0 atom stereocenters. The van der Waals surface area contributed by atoms with E-state index in [1.165, 1.54) is 0 Å². The zero-order chi connectivity index (χ0) is 15.4. The number of carbonyl (C=O) groups is 1. The molecule has 0 aromatic carbocycles. The van der Waals surface area contributed by atoms with E-state index in [2.05, 4.69) is 30.2 Å². The van der Waals surface area contributed by atoms with Gasteiger partial charge in [-0.1, -0.05) is 5.16 Å². The fourth-order valence-corrected chi connectivity index (χ4v) is 2.37. The lowest BCUT2D eigenvalue weighted by atomic mass is 10.3. The number of halogens is 1. The molecule has 2 aromatic heterocycles. The van der Waals surface area contributed by atoms with E-state index >= 15 is 0 Å². The minimum atomic E-state index is -0.0855. The van der Waals surface area contributed by atoms with Crippen LogP contribution in [0.25, 0.3) is 0 Å². The van der Waals surface area contributed by atoms with Gasteiger partial charge in [0.15, 0.2) is 5.82 Å². The fraction of sp³-hybridized carbons (Fsp3) is 0.429. The maximum absolute atomic E-state index is 12.0. The first-order chi connectivity index (χ1) is 10.7. The molecule has 8 nitrogen and oxygen atoms in total. The standard InChI is InChI=1S/C14H18N6O2.ClH/c1-11-9-12(18-22-11)17-13(21)10-19-5-7-20(8-6-19)14-15-3-2-4-16-14;/h2-4,9H,5-8,10H2,1H3,(H,17,18,21);1H/p-1. The van der Waals surface area contributed by atoms with Crippen LogP contribution < -0.4 is 22.6 Å². The predicted octanol–water partition coefficient (Wildman–Crippen LogP) is -2.46. The Hall–Kier alpha value is -2.19. The molecular formula is C14H18ClN6O2-. The molecule has 1 aliphatic rings. The van der Waals surface area contributed by atoms with Gasteiger partial charge in [-0.05, 0) is 13.0 Å². The lowest BCUT2D eigenvalue weighted by Gasteiger charge is -2.34. The zero-order valence-corrected chi connectivity index (χ0v) is 13.5. The van der Waals surface area contributed by atoms with Gasteiger partial charge in [-0.15, -0.1) is 0 Å². The summed E-state index contributed by atoms with van der Waals surface area (Å²) in [5.74, 6) is 1.79. The van der Waals surface area contributed by atoms with Gasteiger partial charge >= 0.3 is 0 Å². The lowest BCUT2D eigenvalue weighted by Crippen LogP contribution is -3.00.